The Balaban J connectivity index is 2.08. The molecule has 4 nitrogen and oxygen atoms in total. The van der Waals surface area contributed by atoms with E-state index < -0.39 is 6.04 Å². The van der Waals surface area contributed by atoms with Crippen LogP contribution in [0.2, 0.25) is 5.02 Å². The molecule has 0 bridgehead atoms. The summed E-state index contributed by atoms with van der Waals surface area (Å²) in [4.78, 5) is 11.3. The highest BCUT2D eigenvalue weighted by molar-refractivity contribution is 7.99. The van der Waals surface area contributed by atoms with Crippen LogP contribution in [0.5, 0.6) is 5.75 Å². The second kappa shape index (κ2) is 9.91. The maximum atomic E-state index is 11.3. The van der Waals surface area contributed by atoms with Crippen molar-refractivity contribution in [2.45, 2.75) is 19.4 Å². The average Bonchev–Trinajstić information content (AvgIpc) is 2.44. The monoisotopic (exact) mass is 317 g/mol. The van der Waals surface area contributed by atoms with Gasteiger partial charge >= 0.3 is 5.97 Å². The van der Waals surface area contributed by atoms with Crippen LogP contribution in [0.15, 0.2) is 24.3 Å². The molecule has 1 aromatic rings. The Morgan fingerprint density at radius 1 is 1.40 bits per heavy atom. The number of rotatable bonds is 9. The predicted molar refractivity (Wildman–Crippen MR) is 83.5 cm³/mol. The van der Waals surface area contributed by atoms with Gasteiger partial charge in [0.15, 0.2) is 0 Å². The van der Waals surface area contributed by atoms with E-state index >= 15 is 0 Å². The number of halogens is 1. The number of hydrogen-bond acceptors (Lipinski definition) is 5. The Labute approximate surface area is 129 Å². The Bertz CT molecular complexity index is 417. The van der Waals surface area contributed by atoms with Gasteiger partial charge < -0.3 is 15.2 Å². The van der Waals surface area contributed by atoms with Crippen molar-refractivity contribution in [3.05, 3.63) is 29.3 Å². The number of benzene rings is 1. The number of thioether (sulfide) groups is 1. The van der Waals surface area contributed by atoms with E-state index in [-0.39, 0.29) is 5.97 Å². The smallest absolute Gasteiger partial charge is 0.322 e. The van der Waals surface area contributed by atoms with Crippen molar-refractivity contribution in [1.29, 1.82) is 0 Å². The molecule has 1 unspecified atom stereocenters. The molecule has 2 N–H and O–H groups in total. The molecule has 20 heavy (non-hydrogen) atoms. The normalized spacial score (nSPS) is 11.9. The van der Waals surface area contributed by atoms with Gasteiger partial charge in [0, 0.05) is 5.75 Å². The molecule has 0 aromatic heterocycles. The standard InChI is InChI=1S/C14H20ClNO3S/c1-2-18-14(17)12(16)7-9-20-10-8-19-13-6-4-3-5-11(13)15/h3-6,12H,2,7-10,16H2,1H3. The maximum absolute atomic E-state index is 11.3. The van der Waals surface area contributed by atoms with Gasteiger partial charge in [0.25, 0.3) is 0 Å². The first-order valence-corrected chi connectivity index (χ1v) is 8.05. The molecule has 0 amide bonds. The zero-order chi connectivity index (χ0) is 14.8. The summed E-state index contributed by atoms with van der Waals surface area (Å²) in [7, 11) is 0. The SMILES string of the molecule is CCOC(=O)C(N)CCSCCOc1ccccc1Cl. The maximum Gasteiger partial charge on any atom is 0.322 e. The van der Waals surface area contributed by atoms with E-state index in [0.717, 1.165) is 11.5 Å². The van der Waals surface area contributed by atoms with Crippen LogP contribution in [0.3, 0.4) is 0 Å². The van der Waals surface area contributed by atoms with Gasteiger partial charge in [0.05, 0.1) is 18.2 Å². The fourth-order valence-electron chi connectivity index (χ4n) is 1.45. The third-order valence-electron chi connectivity index (χ3n) is 2.48. The van der Waals surface area contributed by atoms with E-state index in [2.05, 4.69) is 0 Å². The van der Waals surface area contributed by atoms with Crippen LogP contribution in [-0.2, 0) is 9.53 Å². The van der Waals surface area contributed by atoms with Crippen LogP contribution >= 0.6 is 23.4 Å². The van der Waals surface area contributed by atoms with Crippen molar-refractivity contribution >= 4 is 29.3 Å². The van der Waals surface area contributed by atoms with Crippen LogP contribution in [0.4, 0.5) is 0 Å². The van der Waals surface area contributed by atoms with Crippen molar-refractivity contribution in [3.8, 4) is 5.75 Å². The molecule has 0 spiro atoms. The molecular formula is C14H20ClNO3S. The van der Waals surface area contributed by atoms with E-state index in [4.69, 9.17) is 26.8 Å². The highest BCUT2D eigenvalue weighted by atomic mass is 35.5. The van der Waals surface area contributed by atoms with Crippen molar-refractivity contribution in [2.24, 2.45) is 5.73 Å². The number of para-hydroxylation sites is 1. The fraction of sp³-hybridized carbons (Fsp3) is 0.500. The first-order chi connectivity index (χ1) is 9.65. The molecule has 0 aliphatic carbocycles. The van der Waals surface area contributed by atoms with Gasteiger partial charge in [-0.2, -0.15) is 11.8 Å². The van der Waals surface area contributed by atoms with Gasteiger partial charge in [-0.3, -0.25) is 4.79 Å². The molecule has 0 saturated carbocycles. The molecule has 0 fully saturated rings. The summed E-state index contributed by atoms with van der Waals surface area (Å²) >= 11 is 7.66. The molecule has 0 heterocycles. The minimum absolute atomic E-state index is 0.333. The number of esters is 1. The summed E-state index contributed by atoms with van der Waals surface area (Å²) in [6.07, 6.45) is 0.607. The van der Waals surface area contributed by atoms with Gasteiger partial charge in [-0.05, 0) is 31.2 Å². The molecule has 1 rings (SSSR count). The number of nitrogens with two attached hydrogens (primary N) is 1. The van der Waals surface area contributed by atoms with Gasteiger partial charge in [-0.1, -0.05) is 23.7 Å². The molecule has 0 saturated heterocycles. The number of hydrogen-bond donors (Lipinski definition) is 1. The first-order valence-electron chi connectivity index (χ1n) is 6.52. The lowest BCUT2D eigenvalue weighted by molar-refractivity contribution is -0.144. The number of carbonyl (C=O) groups is 1. The molecule has 0 aliphatic heterocycles. The Hall–Kier alpha value is -0.910. The minimum Gasteiger partial charge on any atom is -0.491 e. The largest absolute Gasteiger partial charge is 0.491 e. The molecule has 0 aliphatic rings. The van der Waals surface area contributed by atoms with Gasteiger partial charge in [-0.25, -0.2) is 0 Å². The van der Waals surface area contributed by atoms with Crippen molar-refractivity contribution in [1.82, 2.24) is 0 Å². The number of carbonyl (C=O) groups excluding carboxylic acids is 1. The summed E-state index contributed by atoms with van der Waals surface area (Å²) < 4.78 is 10.4. The zero-order valence-electron chi connectivity index (χ0n) is 11.5. The van der Waals surface area contributed by atoms with Crippen LogP contribution in [0.25, 0.3) is 0 Å². The lowest BCUT2D eigenvalue weighted by Gasteiger charge is -2.10. The summed E-state index contributed by atoms with van der Waals surface area (Å²) in [5.74, 6) is 1.98. The first kappa shape index (κ1) is 17.1. The van der Waals surface area contributed by atoms with Crippen molar-refractivity contribution in [3.63, 3.8) is 0 Å². The van der Waals surface area contributed by atoms with Crippen molar-refractivity contribution in [2.75, 3.05) is 24.7 Å². The topological polar surface area (TPSA) is 61.5 Å². The molecule has 0 radical (unpaired) electrons. The predicted octanol–water partition coefficient (Wildman–Crippen LogP) is 2.73. The number of ether oxygens (including phenoxy) is 2. The molecular weight excluding hydrogens is 298 g/mol. The molecule has 1 atom stereocenters. The van der Waals surface area contributed by atoms with Gasteiger partial charge in [0.2, 0.25) is 0 Å². The molecule has 6 heteroatoms. The highest BCUT2D eigenvalue weighted by Crippen LogP contribution is 2.23. The second-order valence-electron chi connectivity index (χ2n) is 4.04. The summed E-state index contributed by atoms with van der Waals surface area (Å²) in [6, 6.07) is 6.84. The van der Waals surface area contributed by atoms with Crippen LogP contribution in [0, 0.1) is 0 Å². The Morgan fingerprint density at radius 3 is 2.85 bits per heavy atom. The summed E-state index contributed by atoms with van der Waals surface area (Å²) in [5.41, 5.74) is 5.69. The highest BCUT2D eigenvalue weighted by Gasteiger charge is 2.13. The quantitative estimate of drug-likeness (QED) is 0.560. The van der Waals surface area contributed by atoms with Gasteiger partial charge in [0.1, 0.15) is 11.8 Å². The Morgan fingerprint density at radius 2 is 2.15 bits per heavy atom. The van der Waals surface area contributed by atoms with Crippen LogP contribution in [0.1, 0.15) is 13.3 Å². The molecule has 112 valence electrons. The Kier molecular flexibility index (Phi) is 8.49. The van der Waals surface area contributed by atoms with Gasteiger partial charge in [-0.15, -0.1) is 0 Å². The van der Waals surface area contributed by atoms with E-state index in [1.165, 1.54) is 0 Å². The van der Waals surface area contributed by atoms with Crippen molar-refractivity contribution < 1.29 is 14.3 Å². The minimum atomic E-state index is -0.535. The van der Waals surface area contributed by atoms with E-state index in [1.54, 1.807) is 24.8 Å². The zero-order valence-corrected chi connectivity index (χ0v) is 13.1. The fourth-order valence-corrected chi connectivity index (χ4v) is 2.47. The lowest BCUT2D eigenvalue weighted by atomic mass is 10.2. The third kappa shape index (κ3) is 6.50. The average molecular weight is 318 g/mol. The van der Waals surface area contributed by atoms with E-state index in [1.807, 2.05) is 18.2 Å². The molecule has 1 aromatic carbocycles. The van der Waals surface area contributed by atoms with E-state index in [9.17, 15) is 4.79 Å². The summed E-state index contributed by atoms with van der Waals surface area (Å²) in [5, 5.41) is 0.613. The second-order valence-corrected chi connectivity index (χ2v) is 5.67. The van der Waals surface area contributed by atoms with Crippen LogP contribution in [-0.4, -0.2) is 36.7 Å². The van der Waals surface area contributed by atoms with E-state index in [0.29, 0.717) is 30.4 Å². The summed E-state index contributed by atoms with van der Waals surface area (Å²) in [6.45, 7) is 2.71. The third-order valence-corrected chi connectivity index (χ3v) is 3.78. The lowest BCUT2D eigenvalue weighted by Crippen LogP contribution is -2.32. The van der Waals surface area contributed by atoms with Crippen LogP contribution < -0.4 is 10.5 Å².